The molecule has 5 nitrogen and oxygen atoms in total. The second-order valence-corrected chi connectivity index (χ2v) is 7.42. The van der Waals surface area contributed by atoms with Gasteiger partial charge in [-0.3, -0.25) is 4.79 Å². The lowest BCUT2D eigenvalue weighted by atomic mass is 10.1. The number of hydrogen-bond donors (Lipinski definition) is 1. The highest BCUT2D eigenvalue weighted by atomic mass is 16.2. The van der Waals surface area contributed by atoms with E-state index in [1.807, 2.05) is 29.2 Å². The van der Waals surface area contributed by atoms with E-state index in [2.05, 4.69) is 53.0 Å². The van der Waals surface area contributed by atoms with Crippen LogP contribution < -0.4 is 4.90 Å². The number of piperazine rings is 1. The number of carbonyl (C=O) groups excluding carboxylic acids is 1. The summed E-state index contributed by atoms with van der Waals surface area (Å²) in [6.45, 7) is 6.72. The molecular formula is C22H26N4O. The van der Waals surface area contributed by atoms with E-state index in [0.29, 0.717) is 18.9 Å². The number of aryl methyl sites for hydroxylation is 2. The monoisotopic (exact) mass is 362 g/mol. The zero-order valence-electron chi connectivity index (χ0n) is 16.0. The maximum atomic E-state index is 12.7. The predicted molar refractivity (Wildman–Crippen MR) is 109 cm³/mol. The van der Waals surface area contributed by atoms with Gasteiger partial charge in [0.2, 0.25) is 5.91 Å². The van der Waals surface area contributed by atoms with E-state index in [1.165, 1.54) is 11.3 Å². The van der Waals surface area contributed by atoms with Crippen LogP contribution in [0.2, 0.25) is 0 Å². The molecule has 1 N–H and O–H groups in total. The van der Waals surface area contributed by atoms with Crippen molar-refractivity contribution in [2.24, 2.45) is 0 Å². The third-order valence-electron chi connectivity index (χ3n) is 5.36. The van der Waals surface area contributed by atoms with Gasteiger partial charge in [0.25, 0.3) is 0 Å². The molecule has 1 aliphatic rings. The molecule has 0 spiro atoms. The molecule has 3 aromatic rings. The Kier molecular flexibility index (Phi) is 4.84. The minimum atomic E-state index is 0.214. The highest BCUT2D eigenvalue weighted by molar-refractivity contribution is 5.77. The van der Waals surface area contributed by atoms with Crippen LogP contribution in [0.1, 0.15) is 24.7 Å². The molecular weight excluding hydrogens is 336 g/mol. The smallest absolute Gasteiger partial charge is 0.223 e. The number of amides is 1. The van der Waals surface area contributed by atoms with Gasteiger partial charge in [-0.25, -0.2) is 4.98 Å². The SMILES string of the molecule is Cc1ccc(N2CCN(C(=O)CCc3nc4ccccc4[nH]3)C[C@H]2C)cc1. The molecule has 1 aromatic heterocycles. The average Bonchev–Trinajstić information content (AvgIpc) is 3.10. The number of H-pyrrole nitrogens is 1. The molecule has 27 heavy (non-hydrogen) atoms. The molecule has 5 heteroatoms. The summed E-state index contributed by atoms with van der Waals surface area (Å²) >= 11 is 0. The Morgan fingerprint density at radius 3 is 2.67 bits per heavy atom. The van der Waals surface area contributed by atoms with Gasteiger partial charge in [0.1, 0.15) is 5.82 Å². The van der Waals surface area contributed by atoms with Crippen molar-refractivity contribution < 1.29 is 4.79 Å². The molecule has 1 saturated heterocycles. The third-order valence-corrected chi connectivity index (χ3v) is 5.36. The number of benzene rings is 2. The van der Waals surface area contributed by atoms with Crippen LogP contribution in [-0.2, 0) is 11.2 Å². The molecule has 1 amide bonds. The molecule has 4 rings (SSSR count). The largest absolute Gasteiger partial charge is 0.365 e. The number of aromatic nitrogens is 2. The maximum absolute atomic E-state index is 12.7. The van der Waals surface area contributed by atoms with E-state index in [1.54, 1.807) is 0 Å². The first kappa shape index (κ1) is 17.6. The molecule has 0 aliphatic carbocycles. The van der Waals surface area contributed by atoms with Crippen LogP contribution in [0.4, 0.5) is 5.69 Å². The zero-order chi connectivity index (χ0) is 18.8. The van der Waals surface area contributed by atoms with Crippen LogP contribution in [0.25, 0.3) is 11.0 Å². The number of carbonyl (C=O) groups is 1. The van der Waals surface area contributed by atoms with Crippen molar-refractivity contribution in [3.63, 3.8) is 0 Å². The number of aromatic amines is 1. The standard InChI is InChI=1S/C22H26N4O/c1-16-7-9-18(10-8-16)26-14-13-25(15-17(26)2)22(27)12-11-21-23-19-5-3-4-6-20(19)24-21/h3-10,17H,11-15H2,1-2H3,(H,23,24)/t17-/m1/s1. The number of imidazole rings is 1. The minimum absolute atomic E-state index is 0.214. The summed E-state index contributed by atoms with van der Waals surface area (Å²) in [5.41, 5.74) is 4.49. The molecule has 0 radical (unpaired) electrons. The van der Waals surface area contributed by atoms with Crippen molar-refractivity contribution in [3.8, 4) is 0 Å². The van der Waals surface area contributed by atoms with Gasteiger partial charge in [0, 0.05) is 44.2 Å². The Labute approximate surface area is 160 Å². The number of para-hydroxylation sites is 2. The second-order valence-electron chi connectivity index (χ2n) is 7.42. The van der Waals surface area contributed by atoms with Gasteiger partial charge >= 0.3 is 0 Å². The number of anilines is 1. The average molecular weight is 362 g/mol. The second kappa shape index (κ2) is 7.43. The lowest BCUT2D eigenvalue weighted by Gasteiger charge is -2.41. The highest BCUT2D eigenvalue weighted by Gasteiger charge is 2.26. The van der Waals surface area contributed by atoms with Gasteiger partial charge in [0.15, 0.2) is 0 Å². The molecule has 2 aromatic carbocycles. The summed E-state index contributed by atoms with van der Waals surface area (Å²) in [6, 6.07) is 16.9. The molecule has 2 heterocycles. The summed E-state index contributed by atoms with van der Waals surface area (Å²) in [4.78, 5) is 24.9. The number of fused-ring (bicyclic) bond motifs is 1. The quantitative estimate of drug-likeness (QED) is 0.772. The summed E-state index contributed by atoms with van der Waals surface area (Å²) < 4.78 is 0. The topological polar surface area (TPSA) is 52.2 Å². The van der Waals surface area contributed by atoms with Gasteiger partial charge in [-0.05, 0) is 38.1 Å². The summed E-state index contributed by atoms with van der Waals surface area (Å²) in [6.07, 6.45) is 1.15. The lowest BCUT2D eigenvalue weighted by Crippen LogP contribution is -2.53. The predicted octanol–water partition coefficient (Wildman–Crippen LogP) is 3.54. The zero-order valence-corrected chi connectivity index (χ0v) is 16.0. The van der Waals surface area contributed by atoms with Crippen molar-refractivity contribution in [2.45, 2.75) is 32.7 Å². The van der Waals surface area contributed by atoms with Crippen LogP contribution in [0.3, 0.4) is 0 Å². The molecule has 0 unspecified atom stereocenters. The fraction of sp³-hybridized carbons (Fsp3) is 0.364. The van der Waals surface area contributed by atoms with Crippen LogP contribution in [0.5, 0.6) is 0 Å². The van der Waals surface area contributed by atoms with Gasteiger partial charge in [-0.1, -0.05) is 29.8 Å². The third kappa shape index (κ3) is 3.82. The van der Waals surface area contributed by atoms with Gasteiger partial charge in [-0.2, -0.15) is 0 Å². The minimum Gasteiger partial charge on any atom is -0.365 e. The summed E-state index contributed by atoms with van der Waals surface area (Å²) in [5, 5.41) is 0. The maximum Gasteiger partial charge on any atom is 0.223 e. The van der Waals surface area contributed by atoms with E-state index in [9.17, 15) is 4.79 Å². The van der Waals surface area contributed by atoms with Crippen LogP contribution in [0, 0.1) is 6.92 Å². The van der Waals surface area contributed by atoms with E-state index >= 15 is 0 Å². The number of nitrogens with one attached hydrogen (secondary N) is 1. The van der Waals surface area contributed by atoms with Crippen molar-refractivity contribution in [1.82, 2.24) is 14.9 Å². The Bertz CT molecular complexity index is 898. The first-order chi connectivity index (χ1) is 13.1. The van der Waals surface area contributed by atoms with E-state index in [4.69, 9.17) is 0 Å². The first-order valence-corrected chi connectivity index (χ1v) is 9.65. The molecule has 1 atom stereocenters. The van der Waals surface area contributed by atoms with Crippen molar-refractivity contribution in [1.29, 1.82) is 0 Å². The number of hydrogen-bond acceptors (Lipinski definition) is 3. The first-order valence-electron chi connectivity index (χ1n) is 9.65. The Balaban J connectivity index is 1.34. The Morgan fingerprint density at radius 2 is 1.93 bits per heavy atom. The molecule has 0 bridgehead atoms. The summed E-state index contributed by atoms with van der Waals surface area (Å²) in [5.74, 6) is 1.10. The van der Waals surface area contributed by atoms with Crippen molar-refractivity contribution in [3.05, 3.63) is 59.9 Å². The Morgan fingerprint density at radius 1 is 1.15 bits per heavy atom. The van der Waals surface area contributed by atoms with E-state index in [-0.39, 0.29) is 5.91 Å². The van der Waals surface area contributed by atoms with Crippen molar-refractivity contribution in [2.75, 3.05) is 24.5 Å². The van der Waals surface area contributed by atoms with Crippen molar-refractivity contribution >= 4 is 22.6 Å². The fourth-order valence-corrected chi connectivity index (χ4v) is 3.81. The van der Waals surface area contributed by atoms with Gasteiger partial charge < -0.3 is 14.8 Å². The van der Waals surface area contributed by atoms with E-state index in [0.717, 1.165) is 36.5 Å². The Hall–Kier alpha value is -2.82. The normalized spacial score (nSPS) is 17.5. The van der Waals surface area contributed by atoms with Gasteiger partial charge in [0.05, 0.1) is 11.0 Å². The highest BCUT2D eigenvalue weighted by Crippen LogP contribution is 2.21. The molecule has 1 aliphatic heterocycles. The molecule has 1 fully saturated rings. The van der Waals surface area contributed by atoms with Crippen LogP contribution in [-0.4, -0.2) is 46.5 Å². The van der Waals surface area contributed by atoms with Crippen LogP contribution >= 0.6 is 0 Å². The van der Waals surface area contributed by atoms with Gasteiger partial charge in [-0.15, -0.1) is 0 Å². The number of rotatable bonds is 4. The van der Waals surface area contributed by atoms with E-state index < -0.39 is 0 Å². The summed E-state index contributed by atoms with van der Waals surface area (Å²) in [7, 11) is 0. The number of nitrogens with zero attached hydrogens (tertiary/aromatic N) is 3. The fourth-order valence-electron chi connectivity index (χ4n) is 3.81. The lowest BCUT2D eigenvalue weighted by molar-refractivity contribution is -0.131. The molecule has 140 valence electrons. The molecule has 0 saturated carbocycles. The van der Waals surface area contributed by atoms with Crippen LogP contribution in [0.15, 0.2) is 48.5 Å².